The molecule has 0 N–H and O–H groups in total. The van der Waals surface area contributed by atoms with Crippen molar-refractivity contribution in [1.29, 1.82) is 0 Å². The summed E-state index contributed by atoms with van der Waals surface area (Å²) in [7, 11) is 1.76. The zero-order valence-corrected chi connectivity index (χ0v) is 20.5. The van der Waals surface area contributed by atoms with Crippen LogP contribution in [0.15, 0.2) is 127 Å². The summed E-state index contributed by atoms with van der Waals surface area (Å²) < 4.78 is 17.0. The molecule has 4 aromatic carbocycles. The minimum atomic E-state index is 0.111. The molecule has 6 rings (SSSR count). The lowest BCUT2D eigenvalue weighted by molar-refractivity contribution is 0.0880. The van der Waals surface area contributed by atoms with Gasteiger partial charge >= 0.3 is 0 Å². The van der Waals surface area contributed by atoms with E-state index in [2.05, 4.69) is 84.9 Å². The maximum Gasteiger partial charge on any atom is 0.113 e. The lowest BCUT2D eigenvalue weighted by Crippen LogP contribution is -2.05. The van der Waals surface area contributed by atoms with Gasteiger partial charge in [0.2, 0.25) is 0 Å². The molecule has 5 unspecified atom stereocenters. The Hall–Kier alpha value is -3.50. The molecule has 3 heteroatoms. The molecule has 2 aliphatic heterocycles. The van der Waals surface area contributed by atoms with Crippen LogP contribution < -0.4 is 0 Å². The Morgan fingerprint density at radius 2 is 1.19 bits per heavy atom. The van der Waals surface area contributed by atoms with Crippen LogP contribution >= 0.6 is 0 Å². The minimum absolute atomic E-state index is 0.111. The summed E-state index contributed by atoms with van der Waals surface area (Å²) in [6, 6.07) is 41.4. The van der Waals surface area contributed by atoms with E-state index in [1.54, 1.807) is 7.11 Å². The fourth-order valence-corrected chi connectivity index (χ4v) is 4.46. The van der Waals surface area contributed by atoms with Crippen LogP contribution in [0, 0.1) is 0 Å². The zero-order valence-electron chi connectivity index (χ0n) is 20.5. The number of ether oxygens (including phenoxy) is 3. The molecular formula is C33H32O3. The number of methoxy groups -OCH3 is 1. The third-order valence-electron chi connectivity index (χ3n) is 6.54. The Kier molecular flexibility index (Phi) is 8.04. The second-order valence-electron chi connectivity index (χ2n) is 9.08. The Bertz CT molecular complexity index is 1210. The van der Waals surface area contributed by atoms with Gasteiger partial charge in [0.1, 0.15) is 18.3 Å². The minimum Gasteiger partial charge on any atom is -0.377 e. The van der Waals surface area contributed by atoms with E-state index in [1.165, 1.54) is 22.3 Å². The normalized spacial score (nSPS) is 22.9. The highest BCUT2D eigenvalue weighted by atomic mass is 16.6. The summed E-state index contributed by atoms with van der Waals surface area (Å²) in [4.78, 5) is 0. The summed E-state index contributed by atoms with van der Waals surface area (Å²) in [5.41, 5.74) is 4.95. The first-order valence-electron chi connectivity index (χ1n) is 12.5. The molecule has 0 amide bonds. The first-order chi connectivity index (χ1) is 17.8. The van der Waals surface area contributed by atoms with Crippen molar-refractivity contribution in [1.82, 2.24) is 0 Å². The van der Waals surface area contributed by atoms with Crippen LogP contribution in [0.1, 0.15) is 47.0 Å². The van der Waals surface area contributed by atoms with Crippen LogP contribution in [0.3, 0.4) is 0 Å². The van der Waals surface area contributed by atoms with Crippen molar-refractivity contribution in [3.8, 4) is 0 Å². The molecular weight excluding hydrogens is 444 g/mol. The Morgan fingerprint density at radius 3 is 1.78 bits per heavy atom. The fraction of sp³-hybridized carbons (Fsp3) is 0.212. The molecule has 182 valence electrons. The number of hydrogen-bond donors (Lipinski definition) is 0. The number of hydrogen-bond acceptors (Lipinski definition) is 3. The first kappa shape index (κ1) is 24.2. The number of rotatable bonds is 8. The van der Waals surface area contributed by atoms with Gasteiger partial charge in [-0.05, 0) is 22.3 Å². The Morgan fingerprint density at radius 1 is 0.667 bits per heavy atom. The molecule has 2 aliphatic rings. The molecule has 0 aromatic heterocycles. The van der Waals surface area contributed by atoms with Gasteiger partial charge in [-0.3, -0.25) is 0 Å². The highest BCUT2D eigenvalue weighted by Gasteiger charge is 2.41. The van der Waals surface area contributed by atoms with Crippen LogP contribution in [0.4, 0.5) is 0 Å². The molecule has 36 heavy (non-hydrogen) atoms. The second-order valence-corrected chi connectivity index (χ2v) is 9.08. The van der Waals surface area contributed by atoms with E-state index in [1.807, 2.05) is 48.5 Å². The van der Waals surface area contributed by atoms with Gasteiger partial charge in [-0.2, -0.15) is 0 Å². The van der Waals surface area contributed by atoms with E-state index >= 15 is 0 Å². The monoisotopic (exact) mass is 476 g/mol. The van der Waals surface area contributed by atoms with Crippen molar-refractivity contribution in [3.05, 3.63) is 150 Å². The topological polar surface area (TPSA) is 34.3 Å². The SMILES string of the molecule is C(=C\C1OC1c1ccccc1)/c1ccccc1.COC(CC1OC1c1ccccc1)c1ccccc1. The third kappa shape index (κ3) is 6.58. The van der Waals surface area contributed by atoms with Gasteiger partial charge in [-0.1, -0.05) is 133 Å². The average Bonchev–Trinajstić information content (AvgIpc) is 3.89. The van der Waals surface area contributed by atoms with Gasteiger partial charge in [-0.15, -0.1) is 0 Å². The molecule has 5 atom stereocenters. The average molecular weight is 477 g/mol. The van der Waals surface area contributed by atoms with E-state index < -0.39 is 0 Å². The van der Waals surface area contributed by atoms with Gasteiger partial charge < -0.3 is 14.2 Å². The van der Waals surface area contributed by atoms with Crippen molar-refractivity contribution < 1.29 is 14.2 Å². The van der Waals surface area contributed by atoms with Crippen molar-refractivity contribution >= 4 is 6.08 Å². The van der Waals surface area contributed by atoms with Gasteiger partial charge in [0.05, 0.1) is 12.2 Å². The van der Waals surface area contributed by atoms with Crippen LogP contribution in [0.5, 0.6) is 0 Å². The van der Waals surface area contributed by atoms with E-state index in [0.717, 1.165) is 6.42 Å². The molecule has 2 fully saturated rings. The fourth-order valence-electron chi connectivity index (χ4n) is 4.46. The largest absolute Gasteiger partial charge is 0.377 e. The van der Waals surface area contributed by atoms with Gasteiger partial charge in [0.15, 0.2) is 0 Å². The summed E-state index contributed by atoms with van der Waals surface area (Å²) in [5.74, 6) is 0. The zero-order chi connectivity index (χ0) is 24.6. The lowest BCUT2D eigenvalue weighted by atomic mass is 10.0. The molecule has 2 saturated heterocycles. The molecule has 4 aromatic rings. The van der Waals surface area contributed by atoms with Crippen molar-refractivity contribution in [2.45, 2.75) is 36.9 Å². The number of epoxide rings is 2. The lowest BCUT2D eigenvalue weighted by Gasteiger charge is -2.14. The third-order valence-corrected chi connectivity index (χ3v) is 6.54. The summed E-state index contributed by atoms with van der Waals surface area (Å²) >= 11 is 0. The van der Waals surface area contributed by atoms with Crippen LogP contribution in [0.25, 0.3) is 6.08 Å². The molecule has 0 bridgehead atoms. The van der Waals surface area contributed by atoms with Gasteiger partial charge in [0, 0.05) is 13.5 Å². The first-order valence-corrected chi connectivity index (χ1v) is 12.5. The predicted octanol–water partition coefficient (Wildman–Crippen LogP) is 7.74. The number of benzene rings is 4. The summed E-state index contributed by atoms with van der Waals surface area (Å²) in [5, 5.41) is 0. The smallest absolute Gasteiger partial charge is 0.113 e. The molecule has 0 radical (unpaired) electrons. The van der Waals surface area contributed by atoms with Crippen LogP contribution in [-0.2, 0) is 14.2 Å². The molecule has 2 heterocycles. The summed E-state index contributed by atoms with van der Waals surface area (Å²) in [6.45, 7) is 0. The molecule has 0 spiro atoms. The van der Waals surface area contributed by atoms with Crippen LogP contribution in [-0.4, -0.2) is 19.3 Å². The maximum atomic E-state index is 5.78. The van der Waals surface area contributed by atoms with E-state index in [9.17, 15) is 0 Å². The van der Waals surface area contributed by atoms with E-state index in [0.29, 0.717) is 0 Å². The van der Waals surface area contributed by atoms with Crippen molar-refractivity contribution in [3.63, 3.8) is 0 Å². The van der Waals surface area contributed by atoms with Crippen molar-refractivity contribution in [2.75, 3.05) is 7.11 Å². The second kappa shape index (κ2) is 12.0. The highest BCUT2D eigenvalue weighted by Crippen LogP contribution is 2.44. The molecule has 3 nitrogen and oxygen atoms in total. The highest BCUT2D eigenvalue weighted by molar-refractivity contribution is 5.50. The van der Waals surface area contributed by atoms with E-state index in [-0.39, 0.29) is 30.5 Å². The maximum absolute atomic E-state index is 5.78. The molecule has 0 saturated carbocycles. The van der Waals surface area contributed by atoms with Crippen LogP contribution in [0.2, 0.25) is 0 Å². The van der Waals surface area contributed by atoms with E-state index in [4.69, 9.17) is 14.2 Å². The standard InChI is InChI=1S/C17H18O2.C16H14O/c1-18-15(13-8-4-2-5-9-13)12-16-17(19-16)14-10-6-3-7-11-14;1-3-7-13(8-4-1)11-12-15-16(17-15)14-9-5-2-6-10-14/h2-11,15-17H,12H2,1H3;1-12,15-16H/b;12-11+. The van der Waals surface area contributed by atoms with Crippen molar-refractivity contribution in [2.24, 2.45) is 0 Å². The Balaban J connectivity index is 0.000000149. The van der Waals surface area contributed by atoms with Gasteiger partial charge in [-0.25, -0.2) is 0 Å². The quantitative estimate of drug-likeness (QED) is 0.244. The molecule has 0 aliphatic carbocycles. The summed E-state index contributed by atoms with van der Waals surface area (Å²) in [6.07, 6.45) is 6.25. The van der Waals surface area contributed by atoms with Gasteiger partial charge in [0.25, 0.3) is 0 Å². The Labute approximate surface area is 214 Å². The predicted molar refractivity (Wildman–Crippen MR) is 144 cm³/mol.